The highest BCUT2D eigenvalue weighted by atomic mass is 79.9. The number of benzene rings is 3. The van der Waals surface area contributed by atoms with Crippen LogP contribution in [0.5, 0.6) is 11.5 Å². The van der Waals surface area contributed by atoms with Crippen LogP contribution in [0.15, 0.2) is 83.4 Å². The fraction of sp³-hybridized carbons (Fsp3) is 0.194. The number of carbonyl (C=O) groups excluding carboxylic acids is 3. The van der Waals surface area contributed by atoms with E-state index < -0.39 is 17.8 Å². The molecular formula is C31H29BrN2O5. The third-order valence-electron chi connectivity index (χ3n) is 6.13. The van der Waals surface area contributed by atoms with E-state index in [1.807, 2.05) is 56.3 Å². The molecule has 1 aliphatic rings. The summed E-state index contributed by atoms with van der Waals surface area (Å²) in [6.07, 6.45) is 4.50. The van der Waals surface area contributed by atoms with E-state index in [0.29, 0.717) is 42.4 Å². The number of amides is 4. The number of hydrogen-bond donors (Lipinski definition) is 1. The first-order valence-corrected chi connectivity index (χ1v) is 13.4. The van der Waals surface area contributed by atoms with Crippen LogP contribution in [0, 0.1) is 0 Å². The maximum atomic E-state index is 13.4. The Balaban J connectivity index is 1.70. The first-order chi connectivity index (χ1) is 18.8. The normalized spacial score (nSPS) is 14.4. The zero-order chi connectivity index (χ0) is 27.9. The molecule has 0 bridgehead atoms. The fourth-order valence-corrected chi connectivity index (χ4v) is 4.44. The van der Waals surface area contributed by atoms with Crippen LogP contribution in [0.4, 0.5) is 10.5 Å². The summed E-state index contributed by atoms with van der Waals surface area (Å²) in [6, 6.07) is 17.7. The molecule has 4 amide bonds. The predicted molar refractivity (Wildman–Crippen MR) is 155 cm³/mol. The Labute approximate surface area is 236 Å². The van der Waals surface area contributed by atoms with Gasteiger partial charge in [0.05, 0.1) is 12.3 Å². The van der Waals surface area contributed by atoms with Crippen molar-refractivity contribution in [3.63, 3.8) is 0 Å². The van der Waals surface area contributed by atoms with Crippen LogP contribution in [0.3, 0.4) is 0 Å². The molecule has 39 heavy (non-hydrogen) atoms. The van der Waals surface area contributed by atoms with Crippen molar-refractivity contribution in [2.45, 2.75) is 33.3 Å². The van der Waals surface area contributed by atoms with Crippen LogP contribution in [0.25, 0.3) is 6.08 Å². The van der Waals surface area contributed by atoms with Crippen LogP contribution in [0.2, 0.25) is 0 Å². The molecule has 7 nitrogen and oxygen atoms in total. The van der Waals surface area contributed by atoms with E-state index in [1.165, 1.54) is 6.08 Å². The predicted octanol–water partition coefficient (Wildman–Crippen LogP) is 6.38. The van der Waals surface area contributed by atoms with E-state index >= 15 is 0 Å². The van der Waals surface area contributed by atoms with Gasteiger partial charge in [0.15, 0.2) is 11.5 Å². The van der Waals surface area contributed by atoms with Crippen molar-refractivity contribution in [3.05, 3.63) is 106 Å². The minimum Gasteiger partial charge on any atom is -0.490 e. The van der Waals surface area contributed by atoms with Gasteiger partial charge in [0, 0.05) is 10.0 Å². The molecule has 0 radical (unpaired) electrons. The smallest absolute Gasteiger partial charge is 0.335 e. The molecule has 8 heteroatoms. The highest BCUT2D eigenvalue weighted by Gasteiger charge is 2.36. The first kappa shape index (κ1) is 27.9. The van der Waals surface area contributed by atoms with E-state index in [9.17, 15) is 14.4 Å². The Bertz CT molecular complexity index is 1430. The van der Waals surface area contributed by atoms with Gasteiger partial charge in [-0.3, -0.25) is 14.9 Å². The number of barbiturate groups is 1. The van der Waals surface area contributed by atoms with Gasteiger partial charge in [0.2, 0.25) is 0 Å². The molecule has 200 valence electrons. The molecule has 0 aliphatic carbocycles. The Hall–Kier alpha value is -4.17. The van der Waals surface area contributed by atoms with Gasteiger partial charge in [-0.25, -0.2) is 9.69 Å². The summed E-state index contributed by atoms with van der Waals surface area (Å²) in [5, 5.41) is 2.27. The summed E-state index contributed by atoms with van der Waals surface area (Å²) in [4.78, 5) is 39.7. The number of ether oxygens (including phenoxy) is 2. The van der Waals surface area contributed by atoms with Gasteiger partial charge >= 0.3 is 6.03 Å². The summed E-state index contributed by atoms with van der Waals surface area (Å²) < 4.78 is 13.1. The molecule has 1 saturated heterocycles. The molecule has 3 aromatic rings. The Morgan fingerprint density at radius 3 is 2.28 bits per heavy atom. The molecule has 0 aromatic heterocycles. The minimum atomic E-state index is -0.787. The van der Waals surface area contributed by atoms with Gasteiger partial charge in [-0.15, -0.1) is 6.58 Å². The molecule has 3 aromatic carbocycles. The molecule has 1 heterocycles. The molecule has 0 atom stereocenters. The molecule has 1 aliphatic heterocycles. The number of halogens is 1. The van der Waals surface area contributed by atoms with E-state index in [0.717, 1.165) is 32.5 Å². The number of nitrogens with zero attached hydrogens (tertiary/aromatic N) is 1. The van der Waals surface area contributed by atoms with Crippen molar-refractivity contribution >= 4 is 45.5 Å². The van der Waals surface area contributed by atoms with E-state index in [2.05, 4.69) is 27.8 Å². The van der Waals surface area contributed by atoms with Crippen LogP contribution in [-0.2, 0) is 29.0 Å². The lowest BCUT2D eigenvalue weighted by molar-refractivity contribution is -0.122. The van der Waals surface area contributed by atoms with Crippen LogP contribution in [-0.4, -0.2) is 24.5 Å². The SMILES string of the molecule is C=CCc1cc(/C=C2/C(=O)NC(=O)N(c3ccc(CC)cc3)C2=O)cc(OCC)c1OCc1ccc(Br)cc1. The quantitative estimate of drug-likeness (QED) is 0.169. The maximum Gasteiger partial charge on any atom is 0.335 e. The topological polar surface area (TPSA) is 84.9 Å². The van der Waals surface area contributed by atoms with Gasteiger partial charge in [-0.1, -0.05) is 53.2 Å². The number of carbonyl (C=O) groups is 3. The van der Waals surface area contributed by atoms with E-state index in [-0.39, 0.29) is 5.57 Å². The van der Waals surface area contributed by atoms with E-state index in [1.54, 1.807) is 24.3 Å². The average Bonchev–Trinajstić information content (AvgIpc) is 2.92. The van der Waals surface area contributed by atoms with Crippen LogP contribution < -0.4 is 19.7 Å². The van der Waals surface area contributed by atoms with Gasteiger partial charge in [0.25, 0.3) is 11.8 Å². The lowest BCUT2D eigenvalue weighted by atomic mass is 10.0. The van der Waals surface area contributed by atoms with Crippen LogP contribution in [0.1, 0.15) is 36.1 Å². The second kappa shape index (κ2) is 12.6. The van der Waals surface area contributed by atoms with Gasteiger partial charge < -0.3 is 9.47 Å². The fourth-order valence-electron chi connectivity index (χ4n) is 4.18. The molecule has 4 rings (SSSR count). The third kappa shape index (κ3) is 6.46. The third-order valence-corrected chi connectivity index (χ3v) is 6.66. The molecular weight excluding hydrogens is 560 g/mol. The van der Waals surface area contributed by atoms with Crippen molar-refractivity contribution < 1.29 is 23.9 Å². The zero-order valence-corrected chi connectivity index (χ0v) is 23.4. The lowest BCUT2D eigenvalue weighted by Gasteiger charge is -2.26. The second-order valence-corrected chi connectivity index (χ2v) is 9.74. The number of hydrogen-bond acceptors (Lipinski definition) is 5. The molecule has 1 N–H and O–H groups in total. The Morgan fingerprint density at radius 1 is 0.949 bits per heavy atom. The number of allylic oxidation sites excluding steroid dienone is 1. The van der Waals surface area contributed by atoms with Gasteiger partial charge in [-0.2, -0.15) is 0 Å². The highest BCUT2D eigenvalue weighted by molar-refractivity contribution is 9.10. The lowest BCUT2D eigenvalue weighted by Crippen LogP contribution is -2.54. The summed E-state index contributed by atoms with van der Waals surface area (Å²) in [7, 11) is 0. The Kier molecular flexibility index (Phi) is 8.99. The standard InChI is InChI=1S/C31H29BrN2O5/c1-4-7-23-16-22(18-27(38-6-3)28(23)39-19-21-8-12-24(32)13-9-21)17-26-29(35)33-31(37)34(30(26)36)25-14-10-20(5-2)11-15-25/h4,8-18H,1,5-7,19H2,2-3H3,(H,33,35,37)/b26-17-. The van der Waals surface area contributed by atoms with Crippen molar-refractivity contribution in [1.29, 1.82) is 0 Å². The molecule has 0 saturated carbocycles. The maximum absolute atomic E-state index is 13.4. The monoisotopic (exact) mass is 588 g/mol. The van der Waals surface area contributed by atoms with E-state index in [4.69, 9.17) is 9.47 Å². The average molecular weight is 589 g/mol. The van der Waals surface area contributed by atoms with Crippen molar-refractivity contribution in [1.82, 2.24) is 5.32 Å². The number of imide groups is 2. The molecule has 0 unspecified atom stereocenters. The molecule has 1 fully saturated rings. The molecule has 0 spiro atoms. The highest BCUT2D eigenvalue weighted by Crippen LogP contribution is 2.36. The summed E-state index contributed by atoms with van der Waals surface area (Å²) in [6.45, 7) is 8.45. The first-order valence-electron chi connectivity index (χ1n) is 12.6. The summed E-state index contributed by atoms with van der Waals surface area (Å²) in [5.41, 5.74) is 3.61. The number of aryl methyl sites for hydroxylation is 1. The number of anilines is 1. The van der Waals surface area contributed by atoms with Gasteiger partial charge in [-0.05, 0) is 78.9 Å². The summed E-state index contributed by atoms with van der Waals surface area (Å²) in [5.74, 6) is -0.418. The summed E-state index contributed by atoms with van der Waals surface area (Å²) >= 11 is 3.44. The number of rotatable bonds is 10. The number of nitrogens with one attached hydrogen (secondary N) is 1. The number of urea groups is 1. The largest absolute Gasteiger partial charge is 0.490 e. The Morgan fingerprint density at radius 2 is 1.64 bits per heavy atom. The van der Waals surface area contributed by atoms with Crippen molar-refractivity contribution in [2.24, 2.45) is 0 Å². The minimum absolute atomic E-state index is 0.162. The van der Waals surface area contributed by atoms with Crippen LogP contribution >= 0.6 is 15.9 Å². The zero-order valence-electron chi connectivity index (χ0n) is 21.8. The van der Waals surface area contributed by atoms with Crippen molar-refractivity contribution in [2.75, 3.05) is 11.5 Å². The van der Waals surface area contributed by atoms with Gasteiger partial charge in [0.1, 0.15) is 12.2 Å². The van der Waals surface area contributed by atoms with Crippen molar-refractivity contribution in [3.8, 4) is 11.5 Å². The second-order valence-electron chi connectivity index (χ2n) is 8.83.